The third-order valence-electron chi connectivity index (χ3n) is 2.13. The van der Waals surface area contributed by atoms with Gasteiger partial charge in [0, 0.05) is 6.54 Å². The lowest BCUT2D eigenvalue weighted by molar-refractivity contribution is 0.0525. The summed E-state index contributed by atoms with van der Waals surface area (Å²) in [5, 5.41) is 2.73. The van der Waals surface area contributed by atoms with Crippen LogP contribution in [0.25, 0.3) is 0 Å². The molecule has 0 bridgehead atoms. The van der Waals surface area contributed by atoms with Crippen molar-refractivity contribution in [3.05, 3.63) is 0 Å². The molecule has 0 spiro atoms. The van der Waals surface area contributed by atoms with Gasteiger partial charge in [-0.2, -0.15) is 0 Å². The van der Waals surface area contributed by atoms with Gasteiger partial charge in [0.25, 0.3) is 0 Å². The molecule has 0 aromatic carbocycles. The second-order valence-electron chi connectivity index (χ2n) is 5.40. The highest BCUT2D eigenvalue weighted by Gasteiger charge is 2.15. The van der Waals surface area contributed by atoms with Gasteiger partial charge in [0.05, 0.1) is 6.61 Å². The van der Waals surface area contributed by atoms with Gasteiger partial charge in [-0.05, 0) is 39.5 Å². The van der Waals surface area contributed by atoms with Gasteiger partial charge < -0.3 is 14.8 Å². The highest BCUT2D eigenvalue weighted by atomic mass is 16.6. The van der Waals surface area contributed by atoms with E-state index in [9.17, 15) is 4.79 Å². The molecule has 0 aromatic rings. The fraction of sp³-hybridized carbons (Fsp3) is 0.786. The van der Waals surface area contributed by atoms with Crippen molar-refractivity contribution in [1.82, 2.24) is 5.32 Å². The number of alkyl carbamates (subject to hydrolysis) is 1. The predicted octanol–water partition coefficient (Wildman–Crippen LogP) is 2.58. The van der Waals surface area contributed by atoms with E-state index < -0.39 is 5.60 Å². The maximum atomic E-state index is 11.3. The van der Waals surface area contributed by atoms with E-state index in [1.807, 2.05) is 20.8 Å². The van der Waals surface area contributed by atoms with Crippen molar-refractivity contribution in [2.75, 3.05) is 19.8 Å². The first-order chi connectivity index (χ1) is 8.35. The fourth-order valence-electron chi connectivity index (χ4n) is 1.36. The molecule has 1 N–H and O–H groups in total. The number of hydrogen-bond donors (Lipinski definition) is 1. The van der Waals surface area contributed by atoms with E-state index in [1.54, 1.807) is 0 Å². The summed E-state index contributed by atoms with van der Waals surface area (Å²) in [4.78, 5) is 11.3. The van der Waals surface area contributed by atoms with Crippen LogP contribution < -0.4 is 5.32 Å². The van der Waals surface area contributed by atoms with Gasteiger partial charge in [0.1, 0.15) is 12.2 Å². The maximum Gasteiger partial charge on any atom is 0.407 e. The van der Waals surface area contributed by atoms with Gasteiger partial charge in [-0.25, -0.2) is 4.79 Å². The SMILES string of the molecule is C#CCOCC(C)CCCNC(=O)OC(C)(C)C. The Labute approximate surface area is 110 Å². The van der Waals surface area contributed by atoms with E-state index >= 15 is 0 Å². The van der Waals surface area contributed by atoms with Gasteiger partial charge in [0.2, 0.25) is 0 Å². The minimum absolute atomic E-state index is 0.362. The molecule has 4 nitrogen and oxygen atoms in total. The number of carbonyl (C=O) groups excluding carboxylic acids is 1. The third-order valence-corrected chi connectivity index (χ3v) is 2.13. The lowest BCUT2D eigenvalue weighted by Crippen LogP contribution is -2.33. The van der Waals surface area contributed by atoms with Gasteiger partial charge in [-0.15, -0.1) is 6.42 Å². The standard InChI is InChI=1S/C14H25NO3/c1-6-10-17-11-12(2)8-7-9-15-13(16)18-14(3,4)5/h1,12H,7-11H2,2-5H3,(H,15,16). The van der Waals surface area contributed by atoms with Crippen molar-refractivity contribution in [2.45, 2.75) is 46.1 Å². The Morgan fingerprint density at radius 2 is 2.11 bits per heavy atom. The summed E-state index contributed by atoms with van der Waals surface area (Å²) in [6, 6.07) is 0. The topological polar surface area (TPSA) is 47.6 Å². The summed E-state index contributed by atoms with van der Waals surface area (Å²) < 4.78 is 10.4. The second kappa shape index (κ2) is 8.82. The minimum atomic E-state index is -0.444. The fourth-order valence-corrected chi connectivity index (χ4v) is 1.36. The second-order valence-corrected chi connectivity index (χ2v) is 5.40. The largest absolute Gasteiger partial charge is 0.444 e. The monoisotopic (exact) mass is 255 g/mol. The molecule has 0 saturated carbocycles. The number of rotatable bonds is 7. The number of hydrogen-bond acceptors (Lipinski definition) is 3. The average Bonchev–Trinajstić information content (AvgIpc) is 2.22. The smallest absolute Gasteiger partial charge is 0.407 e. The van der Waals surface area contributed by atoms with E-state index in [0.29, 0.717) is 25.7 Å². The maximum absolute atomic E-state index is 11.3. The molecule has 0 rings (SSSR count). The van der Waals surface area contributed by atoms with Crippen LogP contribution in [-0.4, -0.2) is 31.5 Å². The normalized spacial score (nSPS) is 12.6. The third kappa shape index (κ3) is 11.3. The van der Waals surface area contributed by atoms with Crippen LogP contribution in [0.15, 0.2) is 0 Å². The Kier molecular flexibility index (Phi) is 8.23. The average molecular weight is 255 g/mol. The van der Waals surface area contributed by atoms with Crippen molar-refractivity contribution in [2.24, 2.45) is 5.92 Å². The molecule has 0 radical (unpaired) electrons. The van der Waals surface area contributed by atoms with E-state index in [-0.39, 0.29) is 6.09 Å². The zero-order valence-corrected chi connectivity index (χ0v) is 11.9. The zero-order chi connectivity index (χ0) is 14.0. The van der Waals surface area contributed by atoms with Crippen LogP contribution in [0.3, 0.4) is 0 Å². The lowest BCUT2D eigenvalue weighted by atomic mass is 10.1. The van der Waals surface area contributed by atoms with Crippen LogP contribution in [0.4, 0.5) is 4.79 Å². The molecule has 0 heterocycles. The zero-order valence-electron chi connectivity index (χ0n) is 11.9. The first-order valence-electron chi connectivity index (χ1n) is 6.33. The summed E-state index contributed by atoms with van der Waals surface area (Å²) in [7, 11) is 0. The molecule has 4 heteroatoms. The van der Waals surface area contributed by atoms with E-state index in [0.717, 1.165) is 12.8 Å². The molecule has 1 atom stereocenters. The van der Waals surface area contributed by atoms with E-state index in [4.69, 9.17) is 15.9 Å². The number of ether oxygens (including phenoxy) is 2. The number of amides is 1. The predicted molar refractivity (Wildman–Crippen MR) is 72.3 cm³/mol. The van der Waals surface area contributed by atoms with Crippen LogP contribution in [-0.2, 0) is 9.47 Å². The molecular weight excluding hydrogens is 230 g/mol. The molecule has 0 saturated heterocycles. The van der Waals surface area contributed by atoms with Crippen molar-refractivity contribution in [1.29, 1.82) is 0 Å². The van der Waals surface area contributed by atoms with E-state index in [2.05, 4.69) is 18.2 Å². The Balaban J connectivity index is 3.50. The quantitative estimate of drug-likeness (QED) is 0.562. The van der Waals surface area contributed by atoms with Crippen LogP contribution >= 0.6 is 0 Å². The number of nitrogens with one attached hydrogen (secondary N) is 1. The molecular formula is C14H25NO3. The van der Waals surface area contributed by atoms with Gasteiger partial charge in [-0.1, -0.05) is 12.8 Å². The molecule has 0 aliphatic rings. The molecule has 104 valence electrons. The highest BCUT2D eigenvalue weighted by molar-refractivity contribution is 5.67. The molecule has 0 aliphatic carbocycles. The van der Waals surface area contributed by atoms with Gasteiger partial charge in [-0.3, -0.25) is 0 Å². The lowest BCUT2D eigenvalue weighted by Gasteiger charge is -2.19. The summed E-state index contributed by atoms with van der Waals surface area (Å²) in [6.45, 7) is 9.28. The molecule has 0 fully saturated rings. The van der Waals surface area contributed by atoms with Crippen molar-refractivity contribution in [3.63, 3.8) is 0 Å². The van der Waals surface area contributed by atoms with Crippen molar-refractivity contribution in [3.8, 4) is 12.3 Å². The van der Waals surface area contributed by atoms with Gasteiger partial charge in [0.15, 0.2) is 0 Å². The molecule has 18 heavy (non-hydrogen) atoms. The number of carbonyl (C=O) groups is 1. The summed E-state index contributed by atoms with van der Waals surface area (Å²) in [6.07, 6.45) is 6.61. The van der Waals surface area contributed by atoms with Crippen molar-refractivity contribution < 1.29 is 14.3 Å². The first kappa shape index (κ1) is 16.8. The Morgan fingerprint density at radius 1 is 1.44 bits per heavy atom. The summed E-state index contributed by atoms with van der Waals surface area (Å²) >= 11 is 0. The van der Waals surface area contributed by atoms with E-state index in [1.165, 1.54) is 0 Å². The molecule has 0 aliphatic heterocycles. The van der Waals surface area contributed by atoms with Crippen LogP contribution in [0.2, 0.25) is 0 Å². The van der Waals surface area contributed by atoms with Crippen LogP contribution in [0, 0.1) is 18.3 Å². The minimum Gasteiger partial charge on any atom is -0.444 e. The number of terminal acetylenes is 1. The summed E-state index contributed by atoms with van der Waals surface area (Å²) in [5.41, 5.74) is -0.444. The molecule has 1 unspecified atom stereocenters. The van der Waals surface area contributed by atoms with Crippen LogP contribution in [0.5, 0.6) is 0 Å². The van der Waals surface area contributed by atoms with Crippen molar-refractivity contribution >= 4 is 6.09 Å². The van der Waals surface area contributed by atoms with Gasteiger partial charge >= 0.3 is 6.09 Å². The molecule has 0 aromatic heterocycles. The Bertz CT molecular complexity index is 276. The molecule has 1 amide bonds. The summed E-state index contributed by atoms with van der Waals surface area (Å²) in [5.74, 6) is 2.87. The Morgan fingerprint density at radius 3 is 2.67 bits per heavy atom. The Hall–Kier alpha value is -1.21. The highest BCUT2D eigenvalue weighted by Crippen LogP contribution is 2.07. The van der Waals surface area contributed by atoms with Crippen LogP contribution in [0.1, 0.15) is 40.5 Å². The first-order valence-corrected chi connectivity index (χ1v) is 6.33.